The van der Waals surface area contributed by atoms with Gasteiger partial charge < -0.3 is 15.0 Å². The number of methoxy groups -OCH3 is 1. The molecule has 0 saturated heterocycles. The van der Waals surface area contributed by atoms with E-state index in [1.54, 1.807) is 0 Å². The molecule has 2 aromatic rings. The van der Waals surface area contributed by atoms with E-state index in [2.05, 4.69) is 27.4 Å². The van der Waals surface area contributed by atoms with E-state index in [1.165, 1.54) is 19.0 Å². The molecule has 5 nitrogen and oxygen atoms in total. The number of aromatic nitrogens is 2. The molecule has 2 unspecified atom stereocenters. The molecular formula is C14H15N3O2. The van der Waals surface area contributed by atoms with Crippen molar-refractivity contribution in [3.63, 3.8) is 0 Å². The molecule has 1 saturated carbocycles. The quantitative estimate of drug-likeness (QED) is 0.875. The molecule has 1 aliphatic carbocycles. The van der Waals surface area contributed by atoms with E-state index in [4.69, 9.17) is 4.74 Å². The summed E-state index contributed by atoms with van der Waals surface area (Å²) >= 11 is 0. The first kappa shape index (κ1) is 11.8. The zero-order valence-corrected chi connectivity index (χ0v) is 10.6. The van der Waals surface area contributed by atoms with Gasteiger partial charge in [0.05, 0.1) is 13.4 Å². The molecule has 1 aromatic carbocycles. The number of ether oxygens (including phenoxy) is 1. The normalized spacial score (nSPS) is 20.9. The van der Waals surface area contributed by atoms with Gasteiger partial charge in [-0.1, -0.05) is 30.3 Å². The molecule has 5 heteroatoms. The summed E-state index contributed by atoms with van der Waals surface area (Å²) in [5, 5.41) is 3.27. The second kappa shape index (κ2) is 4.76. The monoisotopic (exact) mass is 257 g/mol. The first-order valence-corrected chi connectivity index (χ1v) is 6.22. The average molecular weight is 257 g/mol. The van der Waals surface area contributed by atoms with Crippen LogP contribution in [0, 0.1) is 0 Å². The molecule has 0 bridgehead atoms. The van der Waals surface area contributed by atoms with Gasteiger partial charge in [0.15, 0.2) is 5.82 Å². The lowest BCUT2D eigenvalue weighted by molar-refractivity contribution is 0.408. The molecular weight excluding hydrogens is 242 g/mol. The molecule has 1 heterocycles. The van der Waals surface area contributed by atoms with Crippen molar-refractivity contribution >= 4 is 5.82 Å². The number of nitrogens with one attached hydrogen (secondary N) is 2. The molecule has 0 radical (unpaired) electrons. The van der Waals surface area contributed by atoms with Gasteiger partial charge in [-0.05, 0) is 12.0 Å². The van der Waals surface area contributed by atoms with Crippen molar-refractivity contribution in [2.45, 2.75) is 18.4 Å². The molecule has 1 aliphatic rings. The minimum atomic E-state index is -0.267. The number of rotatable bonds is 4. The summed E-state index contributed by atoms with van der Waals surface area (Å²) in [4.78, 5) is 18.2. The third-order valence-corrected chi connectivity index (χ3v) is 3.36. The van der Waals surface area contributed by atoms with E-state index in [0.29, 0.717) is 17.8 Å². The second-order valence-electron chi connectivity index (χ2n) is 4.62. The van der Waals surface area contributed by atoms with Gasteiger partial charge in [0.25, 0.3) is 5.56 Å². The number of aromatic amines is 1. The molecule has 19 heavy (non-hydrogen) atoms. The Hall–Kier alpha value is -2.30. The highest BCUT2D eigenvalue weighted by Gasteiger charge is 2.39. The van der Waals surface area contributed by atoms with Crippen molar-refractivity contribution in [1.29, 1.82) is 0 Å². The molecule has 1 aromatic heterocycles. The van der Waals surface area contributed by atoms with Crippen molar-refractivity contribution in [3.8, 4) is 5.75 Å². The van der Waals surface area contributed by atoms with Crippen molar-refractivity contribution < 1.29 is 4.74 Å². The van der Waals surface area contributed by atoms with Gasteiger partial charge in [-0.3, -0.25) is 4.79 Å². The lowest BCUT2D eigenvalue weighted by atomic mass is 10.1. The number of nitrogens with zero attached hydrogens (tertiary/aromatic N) is 1. The highest BCUT2D eigenvalue weighted by molar-refractivity contribution is 5.51. The van der Waals surface area contributed by atoms with E-state index in [-0.39, 0.29) is 11.3 Å². The first-order chi connectivity index (χ1) is 9.29. The minimum absolute atomic E-state index is 0.237. The fourth-order valence-electron chi connectivity index (χ4n) is 2.28. The number of anilines is 1. The van der Waals surface area contributed by atoms with Gasteiger partial charge in [0.2, 0.25) is 5.75 Å². The van der Waals surface area contributed by atoms with Crippen LogP contribution in [0.15, 0.2) is 41.5 Å². The smallest absolute Gasteiger partial charge is 0.295 e. The Morgan fingerprint density at radius 3 is 2.89 bits per heavy atom. The maximum absolute atomic E-state index is 11.6. The predicted molar refractivity (Wildman–Crippen MR) is 72.6 cm³/mol. The van der Waals surface area contributed by atoms with Gasteiger partial charge in [0, 0.05) is 12.0 Å². The molecule has 0 amide bonds. The van der Waals surface area contributed by atoms with Gasteiger partial charge in [0.1, 0.15) is 0 Å². The van der Waals surface area contributed by atoms with Crippen LogP contribution in [0.5, 0.6) is 5.75 Å². The molecule has 2 atom stereocenters. The van der Waals surface area contributed by atoms with E-state index >= 15 is 0 Å². The number of hydrogen-bond acceptors (Lipinski definition) is 4. The zero-order chi connectivity index (χ0) is 13.2. The van der Waals surface area contributed by atoms with Gasteiger partial charge in [-0.25, -0.2) is 4.98 Å². The highest BCUT2D eigenvalue weighted by atomic mass is 16.5. The van der Waals surface area contributed by atoms with Crippen LogP contribution >= 0.6 is 0 Å². The summed E-state index contributed by atoms with van der Waals surface area (Å²) in [5.41, 5.74) is 1.04. The van der Waals surface area contributed by atoms with E-state index in [9.17, 15) is 4.79 Å². The van der Waals surface area contributed by atoms with Gasteiger partial charge >= 0.3 is 0 Å². The fraction of sp³-hybridized carbons (Fsp3) is 0.286. The van der Waals surface area contributed by atoms with Crippen LogP contribution in [0.4, 0.5) is 5.82 Å². The first-order valence-electron chi connectivity index (χ1n) is 6.22. The lowest BCUT2D eigenvalue weighted by Gasteiger charge is -2.08. The Kier molecular flexibility index (Phi) is 2.95. The SMILES string of the molecule is COc1c(NC2CC2c2ccccc2)nc[nH]c1=O. The summed E-state index contributed by atoms with van der Waals surface area (Å²) in [6, 6.07) is 10.6. The summed E-state index contributed by atoms with van der Waals surface area (Å²) in [6.45, 7) is 0. The van der Waals surface area contributed by atoms with Gasteiger partial charge in [-0.2, -0.15) is 0 Å². The van der Waals surface area contributed by atoms with Gasteiger partial charge in [-0.15, -0.1) is 0 Å². The Morgan fingerprint density at radius 1 is 1.37 bits per heavy atom. The Morgan fingerprint density at radius 2 is 2.16 bits per heavy atom. The van der Waals surface area contributed by atoms with E-state index in [0.717, 1.165) is 6.42 Å². The molecule has 0 spiro atoms. The maximum atomic E-state index is 11.6. The van der Waals surface area contributed by atoms with Crippen molar-refractivity contribution in [2.75, 3.05) is 12.4 Å². The third kappa shape index (κ3) is 2.31. The Labute approximate surface area is 110 Å². The molecule has 3 rings (SSSR count). The number of hydrogen-bond donors (Lipinski definition) is 2. The molecule has 2 N–H and O–H groups in total. The van der Waals surface area contributed by atoms with Crippen LogP contribution in [0.1, 0.15) is 17.9 Å². The van der Waals surface area contributed by atoms with Crippen LogP contribution in [0.2, 0.25) is 0 Å². The van der Waals surface area contributed by atoms with Crippen LogP contribution < -0.4 is 15.6 Å². The third-order valence-electron chi connectivity index (χ3n) is 3.36. The van der Waals surface area contributed by atoms with Crippen LogP contribution in [0.3, 0.4) is 0 Å². The largest absolute Gasteiger partial charge is 0.489 e. The second-order valence-corrected chi connectivity index (χ2v) is 4.62. The van der Waals surface area contributed by atoms with Crippen LogP contribution in [0.25, 0.3) is 0 Å². The summed E-state index contributed by atoms with van der Waals surface area (Å²) in [5.74, 6) is 1.22. The summed E-state index contributed by atoms with van der Waals surface area (Å²) in [6.07, 6.45) is 2.43. The Balaban J connectivity index is 1.75. The molecule has 0 aliphatic heterocycles. The van der Waals surface area contributed by atoms with Crippen LogP contribution in [-0.4, -0.2) is 23.1 Å². The van der Waals surface area contributed by atoms with Crippen molar-refractivity contribution in [2.24, 2.45) is 0 Å². The minimum Gasteiger partial charge on any atom is -0.489 e. The average Bonchev–Trinajstić information content (AvgIpc) is 3.19. The van der Waals surface area contributed by atoms with E-state index < -0.39 is 0 Å². The zero-order valence-electron chi connectivity index (χ0n) is 10.6. The molecule has 1 fully saturated rings. The maximum Gasteiger partial charge on any atom is 0.295 e. The molecule has 98 valence electrons. The Bertz CT molecular complexity index is 624. The topological polar surface area (TPSA) is 67.0 Å². The summed E-state index contributed by atoms with van der Waals surface area (Å²) in [7, 11) is 1.47. The standard InChI is InChI=1S/C14H15N3O2/c1-19-12-13(15-8-16-14(12)18)17-11-7-10(11)9-5-3-2-4-6-9/h2-6,8,10-11H,7H2,1H3,(H2,15,16,17,18). The fourth-order valence-corrected chi connectivity index (χ4v) is 2.28. The highest BCUT2D eigenvalue weighted by Crippen LogP contribution is 2.43. The van der Waals surface area contributed by atoms with Crippen LogP contribution in [-0.2, 0) is 0 Å². The predicted octanol–water partition coefficient (Wildman–Crippen LogP) is 1.75. The number of H-pyrrole nitrogens is 1. The van der Waals surface area contributed by atoms with Crippen molar-refractivity contribution in [1.82, 2.24) is 9.97 Å². The number of benzene rings is 1. The summed E-state index contributed by atoms with van der Waals surface area (Å²) < 4.78 is 5.08. The lowest BCUT2D eigenvalue weighted by Crippen LogP contribution is -2.15. The van der Waals surface area contributed by atoms with E-state index in [1.807, 2.05) is 18.2 Å². The van der Waals surface area contributed by atoms with Crippen molar-refractivity contribution in [3.05, 3.63) is 52.6 Å².